The fraction of sp³-hybridized carbons (Fsp3) is 0.636. The minimum Gasteiger partial charge on any atom is -0.347 e. The average Bonchev–Trinajstić information content (AvgIpc) is 3.01. The van der Waals surface area contributed by atoms with Gasteiger partial charge in [-0.1, -0.05) is 44.9 Å². The maximum atomic E-state index is 3.66. The van der Waals surface area contributed by atoms with Crippen LogP contribution in [0.25, 0.3) is 10.9 Å². The van der Waals surface area contributed by atoms with Crippen LogP contribution >= 0.6 is 0 Å². The van der Waals surface area contributed by atoms with E-state index in [9.17, 15) is 0 Å². The number of nitrogens with one attached hydrogen (secondary N) is 1. The number of aromatic nitrogens is 1. The summed E-state index contributed by atoms with van der Waals surface area (Å²) in [4.78, 5) is 2.65. The van der Waals surface area contributed by atoms with Crippen LogP contribution in [0.1, 0.15) is 58.4 Å². The average molecular weight is 344 g/mol. The Balaban J connectivity index is 1.77. The van der Waals surface area contributed by atoms with Gasteiger partial charge in [0.1, 0.15) is 0 Å². The second-order valence-electron chi connectivity index (χ2n) is 7.04. The molecule has 25 heavy (non-hydrogen) atoms. The van der Waals surface area contributed by atoms with E-state index in [1.807, 2.05) is 0 Å². The predicted octanol–water partition coefficient (Wildman–Crippen LogP) is 5.04. The van der Waals surface area contributed by atoms with E-state index in [-0.39, 0.29) is 0 Å². The molecule has 140 valence electrons. The minimum absolute atomic E-state index is 0.970. The summed E-state index contributed by atoms with van der Waals surface area (Å²) in [6, 6.07) is 8.75. The fourth-order valence-electron chi connectivity index (χ4n) is 3.47. The summed E-state index contributed by atoms with van der Waals surface area (Å²) in [5.74, 6) is 0. The highest BCUT2D eigenvalue weighted by molar-refractivity contribution is 5.83. The normalized spacial score (nSPS) is 11.7. The van der Waals surface area contributed by atoms with Crippen LogP contribution in [0, 0.1) is 0 Å². The summed E-state index contributed by atoms with van der Waals surface area (Å²) in [6.45, 7) is 13.6. The van der Waals surface area contributed by atoms with Crippen LogP contribution in [0.5, 0.6) is 0 Å². The molecule has 1 aromatic heterocycles. The van der Waals surface area contributed by atoms with E-state index in [0.29, 0.717) is 0 Å². The van der Waals surface area contributed by atoms with Gasteiger partial charge in [-0.25, -0.2) is 0 Å². The Kier molecular flexibility index (Phi) is 9.06. The van der Waals surface area contributed by atoms with E-state index >= 15 is 0 Å². The van der Waals surface area contributed by atoms with E-state index in [2.05, 4.69) is 66.0 Å². The molecule has 0 unspecified atom stereocenters. The van der Waals surface area contributed by atoms with Crippen LogP contribution in [-0.2, 0) is 13.1 Å². The molecule has 0 spiro atoms. The number of hydrogen-bond acceptors (Lipinski definition) is 2. The second kappa shape index (κ2) is 11.3. The molecule has 0 fully saturated rings. The number of benzene rings is 1. The van der Waals surface area contributed by atoms with Crippen LogP contribution in [-0.4, -0.2) is 35.6 Å². The summed E-state index contributed by atoms with van der Waals surface area (Å²) < 4.78 is 2.35. The Bertz CT molecular complexity index is 594. The molecule has 0 radical (unpaired) electrons. The number of aryl methyl sites for hydroxylation is 1. The molecule has 0 amide bonds. The quantitative estimate of drug-likeness (QED) is 0.514. The Hall–Kier alpha value is -1.32. The minimum atomic E-state index is 0.970. The summed E-state index contributed by atoms with van der Waals surface area (Å²) in [5, 5.41) is 5.05. The summed E-state index contributed by atoms with van der Waals surface area (Å²) >= 11 is 0. The second-order valence-corrected chi connectivity index (χ2v) is 7.04. The SMILES string of the molecule is CCCCN(CCCC)CCCNCc1cn(CC)c2ccccc12. The first kappa shape index (κ1) is 20.0. The Morgan fingerprint density at radius 1 is 0.920 bits per heavy atom. The number of unbranched alkanes of at least 4 members (excludes halogenated alkanes) is 2. The molecule has 0 saturated carbocycles. The molecule has 3 nitrogen and oxygen atoms in total. The highest BCUT2D eigenvalue weighted by Gasteiger charge is 2.07. The van der Waals surface area contributed by atoms with Crippen molar-refractivity contribution in [1.29, 1.82) is 0 Å². The topological polar surface area (TPSA) is 20.2 Å². The molecule has 1 heterocycles. The smallest absolute Gasteiger partial charge is 0.0483 e. The molecule has 0 aliphatic carbocycles. The highest BCUT2D eigenvalue weighted by Crippen LogP contribution is 2.21. The van der Waals surface area contributed by atoms with Gasteiger partial charge in [0.05, 0.1) is 0 Å². The zero-order valence-corrected chi connectivity index (χ0v) is 16.6. The van der Waals surface area contributed by atoms with Crippen LogP contribution in [0.2, 0.25) is 0 Å². The van der Waals surface area contributed by atoms with Gasteiger partial charge < -0.3 is 14.8 Å². The third-order valence-electron chi connectivity index (χ3n) is 5.01. The molecule has 1 aromatic carbocycles. The van der Waals surface area contributed by atoms with Crippen LogP contribution in [0.15, 0.2) is 30.5 Å². The standard InChI is InChI=1S/C22H37N3/c1-4-7-15-24(16-8-5-2)17-11-14-23-18-20-19-25(6-3)22-13-10-9-12-21(20)22/h9-10,12-13,19,23H,4-8,11,14-18H2,1-3H3. The van der Waals surface area contributed by atoms with Crippen molar-refractivity contribution in [3.05, 3.63) is 36.0 Å². The van der Waals surface area contributed by atoms with Crippen molar-refractivity contribution < 1.29 is 0 Å². The van der Waals surface area contributed by atoms with Gasteiger partial charge in [-0.3, -0.25) is 0 Å². The van der Waals surface area contributed by atoms with Crippen molar-refractivity contribution >= 4 is 10.9 Å². The maximum Gasteiger partial charge on any atom is 0.0483 e. The van der Waals surface area contributed by atoms with E-state index in [1.54, 1.807) is 0 Å². The summed E-state index contributed by atoms with van der Waals surface area (Å²) in [5.41, 5.74) is 2.78. The van der Waals surface area contributed by atoms with E-state index in [0.717, 1.165) is 19.6 Å². The monoisotopic (exact) mass is 343 g/mol. The van der Waals surface area contributed by atoms with Gasteiger partial charge in [0.15, 0.2) is 0 Å². The molecule has 0 bridgehead atoms. The zero-order valence-electron chi connectivity index (χ0n) is 16.6. The van der Waals surface area contributed by atoms with Gasteiger partial charge in [0, 0.05) is 30.2 Å². The lowest BCUT2D eigenvalue weighted by molar-refractivity contribution is 0.261. The molecular weight excluding hydrogens is 306 g/mol. The maximum absolute atomic E-state index is 3.66. The molecule has 0 aliphatic rings. The number of hydrogen-bond donors (Lipinski definition) is 1. The zero-order chi connectivity index (χ0) is 17.9. The van der Waals surface area contributed by atoms with Gasteiger partial charge in [-0.15, -0.1) is 0 Å². The number of fused-ring (bicyclic) bond motifs is 1. The summed E-state index contributed by atoms with van der Waals surface area (Å²) in [7, 11) is 0. The fourth-order valence-corrected chi connectivity index (χ4v) is 3.47. The molecule has 0 saturated heterocycles. The highest BCUT2D eigenvalue weighted by atomic mass is 15.1. The van der Waals surface area contributed by atoms with Gasteiger partial charge in [0.25, 0.3) is 0 Å². The predicted molar refractivity (Wildman–Crippen MR) is 110 cm³/mol. The number of nitrogens with zero attached hydrogens (tertiary/aromatic N) is 2. The van der Waals surface area contributed by atoms with Gasteiger partial charge in [-0.05, 0) is 64.0 Å². The van der Waals surface area contributed by atoms with Gasteiger partial charge >= 0.3 is 0 Å². The van der Waals surface area contributed by atoms with Crippen LogP contribution < -0.4 is 5.32 Å². The van der Waals surface area contributed by atoms with Crippen molar-refractivity contribution in [2.75, 3.05) is 26.2 Å². The third kappa shape index (κ3) is 6.16. The molecule has 2 rings (SSSR count). The lowest BCUT2D eigenvalue weighted by Gasteiger charge is -2.21. The van der Waals surface area contributed by atoms with Gasteiger partial charge in [-0.2, -0.15) is 0 Å². The first-order valence-electron chi connectivity index (χ1n) is 10.3. The lowest BCUT2D eigenvalue weighted by atomic mass is 10.2. The van der Waals surface area contributed by atoms with Crippen molar-refractivity contribution in [3.63, 3.8) is 0 Å². The van der Waals surface area contributed by atoms with Crippen molar-refractivity contribution in [3.8, 4) is 0 Å². The first-order valence-corrected chi connectivity index (χ1v) is 10.3. The molecular formula is C22H37N3. The van der Waals surface area contributed by atoms with Crippen molar-refractivity contribution in [1.82, 2.24) is 14.8 Å². The van der Waals surface area contributed by atoms with Crippen LogP contribution in [0.4, 0.5) is 0 Å². The number of para-hydroxylation sites is 1. The molecule has 2 aromatic rings. The van der Waals surface area contributed by atoms with Crippen molar-refractivity contribution in [2.45, 2.75) is 66.0 Å². The van der Waals surface area contributed by atoms with Gasteiger partial charge in [0.2, 0.25) is 0 Å². The first-order chi connectivity index (χ1) is 12.3. The Labute approximate surface area is 154 Å². The van der Waals surface area contributed by atoms with Crippen LogP contribution in [0.3, 0.4) is 0 Å². The van der Waals surface area contributed by atoms with E-state index < -0.39 is 0 Å². The molecule has 0 atom stereocenters. The molecule has 3 heteroatoms. The lowest BCUT2D eigenvalue weighted by Crippen LogP contribution is -2.29. The largest absolute Gasteiger partial charge is 0.347 e. The molecule has 1 N–H and O–H groups in total. The number of rotatable bonds is 13. The molecule has 0 aliphatic heterocycles. The Morgan fingerprint density at radius 3 is 2.28 bits per heavy atom. The Morgan fingerprint density at radius 2 is 1.60 bits per heavy atom. The van der Waals surface area contributed by atoms with Crippen molar-refractivity contribution in [2.24, 2.45) is 0 Å². The van der Waals surface area contributed by atoms with E-state index in [4.69, 9.17) is 0 Å². The third-order valence-corrected chi connectivity index (χ3v) is 5.01. The van der Waals surface area contributed by atoms with E-state index in [1.165, 1.54) is 68.2 Å². The summed E-state index contributed by atoms with van der Waals surface area (Å²) in [6.07, 6.45) is 8.79.